The van der Waals surface area contributed by atoms with E-state index in [-0.39, 0.29) is 48.4 Å². The molecule has 0 saturated carbocycles. The van der Waals surface area contributed by atoms with Gasteiger partial charge in [-0.25, -0.2) is 23.4 Å². The van der Waals surface area contributed by atoms with Crippen molar-refractivity contribution in [1.82, 2.24) is 29.3 Å². The van der Waals surface area contributed by atoms with Crippen molar-refractivity contribution >= 4 is 6.03 Å². The van der Waals surface area contributed by atoms with Crippen LogP contribution in [0.15, 0.2) is 35.4 Å². The van der Waals surface area contributed by atoms with Gasteiger partial charge < -0.3 is 19.9 Å². The monoisotopic (exact) mass is 554 g/mol. The fourth-order valence-electron chi connectivity index (χ4n) is 5.55. The van der Waals surface area contributed by atoms with Crippen LogP contribution in [-0.2, 0) is 13.0 Å². The molecule has 4 heterocycles. The normalized spacial score (nSPS) is 20.5. The van der Waals surface area contributed by atoms with Crippen LogP contribution < -0.4 is 11.0 Å². The first-order chi connectivity index (χ1) is 18.5. The molecule has 3 aromatic rings. The number of aromatic amines is 1. The average molecular weight is 555 g/mol. The number of hydrogen-bond donors (Lipinski definition) is 3. The number of carbonyl (C=O) groups excluding carboxylic acids is 1. The smallest absolute Gasteiger partial charge is 0.394 e. The molecule has 3 N–H and O–H groups in total. The van der Waals surface area contributed by atoms with E-state index in [1.165, 1.54) is 27.5 Å². The largest absolute Gasteiger partial charge is 0.493 e. The zero-order chi connectivity index (χ0) is 27.9. The second-order valence-electron chi connectivity index (χ2n) is 10.00. The first kappa shape index (κ1) is 26.8. The number of halogens is 5. The summed E-state index contributed by atoms with van der Waals surface area (Å²) in [5.74, 6) is -2.73. The van der Waals surface area contributed by atoms with E-state index in [0.717, 1.165) is 12.3 Å². The number of imidazole rings is 2. The Bertz CT molecular complexity index is 1410. The van der Waals surface area contributed by atoms with Crippen molar-refractivity contribution in [2.75, 3.05) is 13.1 Å². The van der Waals surface area contributed by atoms with E-state index in [0.29, 0.717) is 25.9 Å². The quantitative estimate of drug-likeness (QED) is 0.422. The highest BCUT2D eigenvalue weighted by Gasteiger charge is 2.35. The minimum Gasteiger partial charge on any atom is -0.493 e. The third-order valence-corrected chi connectivity index (χ3v) is 7.46. The molecule has 1 fully saturated rings. The Kier molecular flexibility index (Phi) is 7.12. The minimum atomic E-state index is -4.51. The summed E-state index contributed by atoms with van der Waals surface area (Å²) in [5, 5.41) is 12.4. The highest BCUT2D eigenvalue weighted by atomic mass is 19.4. The van der Waals surface area contributed by atoms with Gasteiger partial charge in [0, 0.05) is 43.5 Å². The number of aromatic hydroxyl groups is 1. The maximum absolute atomic E-state index is 14.6. The fourth-order valence-corrected chi connectivity index (χ4v) is 5.55. The first-order valence-electron chi connectivity index (χ1n) is 12.6. The van der Waals surface area contributed by atoms with Gasteiger partial charge in [0.2, 0.25) is 5.88 Å². The average Bonchev–Trinajstić information content (AvgIpc) is 3.36. The molecular weight excluding hydrogens is 527 g/mol. The lowest BCUT2D eigenvalue weighted by Gasteiger charge is -2.33. The number of hydrogen-bond acceptors (Lipinski definition) is 4. The zero-order valence-electron chi connectivity index (χ0n) is 20.7. The number of fused-ring (bicyclic) bond motifs is 1. The molecule has 0 bridgehead atoms. The molecule has 14 heteroatoms. The number of nitrogens with one attached hydrogen (secondary N) is 2. The van der Waals surface area contributed by atoms with Crippen LogP contribution in [0.4, 0.5) is 26.7 Å². The number of carbonyl (C=O) groups is 1. The molecule has 39 heavy (non-hydrogen) atoms. The topological polar surface area (TPSA) is 108 Å². The van der Waals surface area contributed by atoms with E-state index in [9.17, 15) is 36.6 Å². The molecule has 0 radical (unpaired) electrons. The van der Waals surface area contributed by atoms with Crippen molar-refractivity contribution in [1.29, 1.82) is 0 Å². The molecule has 0 unspecified atom stereocenters. The molecule has 9 nitrogen and oxygen atoms in total. The Labute approximate surface area is 219 Å². The van der Waals surface area contributed by atoms with E-state index in [1.807, 2.05) is 0 Å². The van der Waals surface area contributed by atoms with Crippen LogP contribution in [0.1, 0.15) is 60.8 Å². The zero-order valence-corrected chi connectivity index (χ0v) is 20.7. The van der Waals surface area contributed by atoms with Crippen LogP contribution in [0.25, 0.3) is 0 Å². The maximum Gasteiger partial charge on any atom is 0.394 e. The van der Waals surface area contributed by atoms with Gasteiger partial charge in [0.05, 0.1) is 18.7 Å². The lowest BCUT2D eigenvalue weighted by atomic mass is 9.92. The van der Waals surface area contributed by atoms with Crippen molar-refractivity contribution < 1.29 is 31.9 Å². The summed E-state index contributed by atoms with van der Waals surface area (Å²) in [4.78, 5) is 33.2. The molecule has 0 spiro atoms. The van der Waals surface area contributed by atoms with Crippen LogP contribution in [-0.4, -0.2) is 54.4 Å². The number of aromatic nitrogens is 4. The summed E-state index contributed by atoms with van der Waals surface area (Å²) in [6.45, 7) is 0.579. The van der Waals surface area contributed by atoms with Crippen LogP contribution in [0.5, 0.6) is 5.88 Å². The molecular formula is C25H27F5N6O3. The van der Waals surface area contributed by atoms with Gasteiger partial charge in [-0.3, -0.25) is 9.55 Å². The molecule has 2 aliphatic heterocycles. The van der Waals surface area contributed by atoms with Crippen LogP contribution in [0, 0.1) is 11.6 Å². The van der Waals surface area contributed by atoms with Gasteiger partial charge in [0.25, 0.3) is 0 Å². The lowest BCUT2D eigenvalue weighted by molar-refractivity contribution is -0.128. The van der Waals surface area contributed by atoms with Gasteiger partial charge in [-0.1, -0.05) is 12.1 Å². The van der Waals surface area contributed by atoms with Crippen LogP contribution in [0.2, 0.25) is 0 Å². The van der Waals surface area contributed by atoms with Crippen molar-refractivity contribution in [2.24, 2.45) is 0 Å². The van der Waals surface area contributed by atoms with Gasteiger partial charge in [-0.2, -0.15) is 13.2 Å². The van der Waals surface area contributed by atoms with Crippen molar-refractivity contribution in [3.05, 3.63) is 69.8 Å². The Hall–Kier alpha value is -3.84. The third kappa shape index (κ3) is 5.64. The number of alkyl halides is 3. The number of H-pyrrole nitrogens is 1. The fraction of sp³-hybridized carbons (Fsp3) is 0.480. The third-order valence-electron chi connectivity index (χ3n) is 7.46. The summed E-state index contributed by atoms with van der Waals surface area (Å²) in [6, 6.07) is 2.36. The van der Waals surface area contributed by atoms with E-state index >= 15 is 0 Å². The Morgan fingerprint density at radius 1 is 1.15 bits per heavy atom. The molecule has 0 aliphatic carbocycles. The predicted octanol–water partition coefficient (Wildman–Crippen LogP) is 4.13. The standard InChI is InChI=1S/C25H27F5N6O3/c26-18-3-1-2-17(21(18)27)14-4-5-19(22-31-11-16(35(22)12-14)10-25(28,29)30)32-23(38)34-8-6-15(7-9-34)36-13-20(37)33-24(36)39/h1-3,11,13-15,19,37H,4-10,12H2,(H,32,38)(H,33,39)/t14-,19-/m1/s1. The Morgan fingerprint density at radius 3 is 2.56 bits per heavy atom. The molecule has 2 aliphatic rings. The molecule has 2 amide bonds. The SMILES string of the molecule is O=C(N[C@@H]1CC[C@@H](c2cccc(F)c2F)Cn2c(CC(F)(F)F)cnc21)N1CCC(n2cc(O)[nH]c2=O)CC1. The highest BCUT2D eigenvalue weighted by molar-refractivity contribution is 5.74. The van der Waals surface area contributed by atoms with Crippen LogP contribution >= 0.6 is 0 Å². The molecule has 2 aromatic heterocycles. The number of benzene rings is 1. The molecule has 5 rings (SSSR count). The molecule has 210 valence electrons. The summed E-state index contributed by atoms with van der Waals surface area (Å²) in [7, 11) is 0. The first-order valence-corrected chi connectivity index (χ1v) is 12.6. The van der Waals surface area contributed by atoms with Crippen molar-refractivity contribution in [2.45, 2.75) is 62.8 Å². The summed E-state index contributed by atoms with van der Waals surface area (Å²) in [6.07, 6.45) is -1.89. The number of amides is 2. The number of nitrogens with zero attached hydrogens (tertiary/aromatic N) is 4. The van der Waals surface area contributed by atoms with Crippen molar-refractivity contribution in [3.63, 3.8) is 0 Å². The summed E-state index contributed by atoms with van der Waals surface area (Å²) < 4.78 is 71.2. The molecule has 1 aromatic carbocycles. The lowest BCUT2D eigenvalue weighted by Crippen LogP contribution is -2.46. The highest BCUT2D eigenvalue weighted by Crippen LogP contribution is 2.36. The van der Waals surface area contributed by atoms with Crippen molar-refractivity contribution in [3.8, 4) is 5.88 Å². The van der Waals surface area contributed by atoms with E-state index in [2.05, 4.69) is 15.3 Å². The van der Waals surface area contributed by atoms with Gasteiger partial charge >= 0.3 is 17.9 Å². The van der Waals surface area contributed by atoms with Gasteiger partial charge in [0.15, 0.2) is 11.6 Å². The summed E-state index contributed by atoms with van der Waals surface area (Å²) in [5.41, 5.74) is -0.506. The summed E-state index contributed by atoms with van der Waals surface area (Å²) >= 11 is 0. The Morgan fingerprint density at radius 2 is 1.90 bits per heavy atom. The molecule has 2 atom stereocenters. The van der Waals surface area contributed by atoms with E-state index in [1.54, 1.807) is 4.90 Å². The number of rotatable bonds is 4. The Balaban J connectivity index is 1.34. The predicted molar refractivity (Wildman–Crippen MR) is 128 cm³/mol. The maximum atomic E-state index is 14.6. The molecule has 1 saturated heterocycles. The van der Waals surface area contributed by atoms with Gasteiger partial charge in [0.1, 0.15) is 5.82 Å². The van der Waals surface area contributed by atoms with Gasteiger partial charge in [-0.15, -0.1) is 0 Å². The van der Waals surface area contributed by atoms with Gasteiger partial charge in [-0.05, 0) is 37.3 Å². The minimum absolute atomic E-state index is 0.0445. The number of piperidine rings is 1. The number of likely N-dealkylation sites (tertiary alicyclic amines) is 1. The number of urea groups is 1. The van der Waals surface area contributed by atoms with E-state index in [4.69, 9.17) is 0 Å². The van der Waals surface area contributed by atoms with E-state index < -0.39 is 47.9 Å². The second-order valence-corrected chi connectivity index (χ2v) is 10.00. The second kappa shape index (κ2) is 10.4. The van der Waals surface area contributed by atoms with Crippen LogP contribution in [0.3, 0.4) is 0 Å².